The van der Waals surface area contributed by atoms with Crippen LogP contribution in [0.15, 0.2) is 38.9 Å². The highest BCUT2D eigenvalue weighted by molar-refractivity contribution is 7.89. The van der Waals surface area contributed by atoms with Crippen molar-refractivity contribution in [2.75, 3.05) is 0 Å². The van der Waals surface area contributed by atoms with Crippen LogP contribution in [-0.4, -0.2) is 28.1 Å². The molecule has 3 aromatic rings. The normalized spacial score (nSPS) is 15.2. The lowest BCUT2D eigenvalue weighted by Gasteiger charge is -2.14. The molecule has 0 aliphatic heterocycles. The van der Waals surface area contributed by atoms with Crippen LogP contribution >= 0.6 is 11.3 Å². The molecule has 1 fully saturated rings. The second-order valence-corrected chi connectivity index (χ2v) is 10.6. The molecule has 0 amide bonds. The third kappa shape index (κ3) is 3.69. The van der Waals surface area contributed by atoms with Crippen LogP contribution in [-0.2, 0) is 23.1 Å². The molecule has 1 saturated carbocycles. The predicted octanol–water partition coefficient (Wildman–Crippen LogP) is 1.33. The molecule has 9 nitrogen and oxygen atoms in total. The summed E-state index contributed by atoms with van der Waals surface area (Å²) in [7, 11) is -3.83. The summed E-state index contributed by atoms with van der Waals surface area (Å²) in [6, 6.07) is 5.94. The molecule has 0 saturated heterocycles. The van der Waals surface area contributed by atoms with E-state index in [-0.39, 0.29) is 28.9 Å². The molecular formula is C19H19N5O4S2. The van der Waals surface area contributed by atoms with E-state index in [0.29, 0.717) is 4.88 Å². The fraction of sp³-hybridized carbons (Fsp3) is 0.368. The molecule has 1 aromatic carbocycles. The molecule has 4 rings (SSSR count). The Bertz CT molecular complexity index is 1420. The minimum Gasteiger partial charge on any atom is -0.279 e. The Hall–Kier alpha value is -2.81. The van der Waals surface area contributed by atoms with Gasteiger partial charge in [0, 0.05) is 16.6 Å². The van der Waals surface area contributed by atoms with Crippen molar-refractivity contribution < 1.29 is 8.42 Å². The average Bonchev–Trinajstić information content (AvgIpc) is 3.26. The number of nitrogens with zero attached hydrogens (tertiary/aromatic N) is 4. The number of sulfonamides is 1. The van der Waals surface area contributed by atoms with Crippen LogP contribution in [0.25, 0.3) is 10.9 Å². The number of nitrogens with one attached hydrogen (secondary N) is 1. The van der Waals surface area contributed by atoms with Gasteiger partial charge in [0.05, 0.1) is 33.4 Å². The number of hydrogen-bond donors (Lipinski definition) is 1. The molecule has 0 bridgehead atoms. The van der Waals surface area contributed by atoms with Gasteiger partial charge in [-0.2, -0.15) is 5.26 Å². The third-order valence-corrected chi connectivity index (χ3v) is 7.63. The van der Waals surface area contributed by atoms with Crippen LogP contribution in [0.1, 0.15) is 29.7 Å². The fourth-order valence-corrected chi connectivity index (χ4v) is 5.51. The highest BCUT2D eigenvalue weighted by atomic mass is 32.2. The van der Waals surface area contributed by atoms with Gasteiger partial charge in [0.2, 0.25) is 10.0 Å². The zero-order valence-corrected chi connectivity index (χ0v) is 18.0. The summed E-state index contributed by atoms with van der Waals surface area (Å²) in [6.45, 7) is 3.37. The average molecular weight is 446 g/mol. The van der Waals surface area contributed by atoms with E-state index in [1.54, 1.807) is 6.20 Å². The number of rotatable bonds is 6. The monoisotopic (exact) mass is 445 g/mol. The summed E-state index contributed by atoms with van der Waals surface area (Å²) in [5.74, 6) is 0. The van der Waals surface area contributed by atoms with E-state index in [1.165, 1.54) is 34.1 Å². The molecule has 2 aromatic heterocycles. The second kappa shape index (κ2) is 7.16. The fourth-order valence-electron chi connectivity index (χ4n) is 3.24. The first-order valence-corrected chi connectivity index (χ1v) is 11.5. The summed E-state index contributed by atoms with van der Waals surface area (Å²) in [5.41, 5.74) is -1.47. The molecule has 0 spiro atoms. The molecule has 0 radical (unpaired) electrons. The summed E-state index contributed by atoms with van der Waals surface area (Å²) >= 11 is 1.36. The number of hydrogen-bond acceptors (Lipinski definition) is 7. The van der Waals surface area contributed by atoms with Gasteiger partial charge in [-0.3, -0.25) is 13.9 Å². The van der Waals surface area contributed by atoms with Gasteiger partial charge in [-0.15, -0.1) is 11.3 Å². The zero-order valence-electron chi connectivity index (χ0n) is 16.4. The van der Waals surface area contributed by atoms with Crippen molar-refractivity contribution in [2.24, 2.45) is 0 Å². The maximum Gasteiger partial charge on any atom is 0.332 e. The topological polar surface area (TPSA) is 127 Å². The van der Waals surface area contributed by atoms with Crippen molar-refractivity contribution in [3.05, 3.63) is 55.1 Å². The van der Waals surface area contributed by atoms with Crippen molar-refractivity contribution in [3.63, 3.8) is 0 Å². The summed E-state index contributed by atoms with van der Waals surface area (Å²) in [5, 5.41) is 10.0. The van der Waals surface area contributed by atoms with Crippen LogP contribution in [0.4, 0.5) is 0 Å². The van der Waals surface area contributed by atoms with Crippen molar-refractivity contribution in [1.82, 2.24) is 18.8 Å². The number of thiazole rings is 1. The van der Waals surface area contributed by atoms with Crippen LogP contribution in [0.3, 0.4) is 0 Å². The Morgan fingerprint density at radius 1 is 1.30 bits per heavy atom. The predicted molar refractivity (Wildman–Crippen MR) is 112 cm³/mol. The SMILES string of the molecule is Cc1ncc(Cn2c(=O)c3cc(S(=O)(=O)NC4(C)CC4)ccc3n(CC#N)c2=O)s1. The van der Waals surface area contributed by atoms with Gasteiger partial charge in [0.1, 0.15) is 6.54 Å². The third-order valence-electron chi connectivity index (χ3n) is 5.10. The van der Waals surface area contributed by atoms with Gasteiger partial charge in [-0.05, 0) is 44.9 Å². The molecule has 1 aliphatic rings. The summed E-state index contributed by atoms with van der Waals surface area (Å²) in [6.07, 6.45) is 3.09. The van der Waals surface area contributed by atoms with Crippen molar-refractivity contribution in [1.29, 1.82) is 5.26 Å². The zero-order chi connectivity index (χ0) is 21.7. The minimum atomic E-state index is -3.83. The van der Waals surface area contributed by atoms with E-state index < -0.39 is 26.8 Å². The Morgan fingerprint density at radius 3 is 2.63 bits per heavy atom. The molecule has 2 heterocycles. The van der Waals surface area contributed by atoms with E-state index >= 15 is 0 Å². The largest absolute Gasteiger partial charge is 0.332 e. The highest BCUT2D eigenvalue weighted by Gasteiger charge is 2.41. The lowest BCUT2D eigenvalue weighted by atomic mass is 10.2. The number of aryl methyl sites for hydroxylation is 1. The van der Waals surface area contributed by atoms with E-state index in [0.717, 1.165) is 22.4 Å². The lowest BCUT2D eigenvalue weighted by Crippen LogP contribution is -2.40. The summed E-state index contributed by atoms with van der Waals surface area (Å²) < 4.78 is 30.3. The highest BCUT2D eigenvalue weighted by Crippen LogP contribution is 2.36. The molecule has 0 atom stereocenters. The quantitative estimate of drug-likeness (QED) is 0.610. The van der Waals surface area contributed by atoms with Gasteiger partial charge < -0.3 is 0 Å². The van der Waals surface area contributed by atoms with Gasteiger partial charge in [-0.1, -0.05) is 0 Å². The molecular weight excluding hydrogens is 426 g/mol. The maximum absolute atomic E-state index is 13.1. The number of benzene rings is 1. The molecule has 11 heteroatoms. The first-order chi connectivity index (χ1) is 14.1. The van der Waals surface area contributed by atoms with Gasteiger partial charge in [0.25, 0.3) is 5.56 Å². The van der Waals surface area contributed by atoms with E-state index in [9.17, 15) is 18.0 Å². The maximum atomic E-state index is 13.1. The summed E-state index contributed by atoms with van der Waals surface area (Å²) in [4.78, 5) is 30.8. The molecule has 0 unspecified atom stereocenters. The molecule has 1 N–H and O–H groups in total. The molecule has 156 valence electrons. The Morgan fingerprint density at radius 2 is 2.03 bits per heavy atom. The Balaban J connectivity index is 1.91. The van der Waals surface area contributed by atoms with Crippen LogP contribution in [0, 0.1) is 18.3 Å². The van der Waals surface area contributed by atoms with Crippen LogP contribution < -0.4 is 16.0 Å². The van der Waals surface area contributed by atoms with E-state index in [1.807, 2.05) is 19.9 Å². The van der Waals surface area contributed by atoms with E-state index in [2.05, 4.69) is 9.71 Å². The Labute approximate surface area is 176 Å². The van der Waals surface area contributed by atoms with Crippen LogP contribution in [0.2, 0.25) is 0 Å². The molecule has 30 heavy (non-hydrogen) atoms. The van der Waals surface area contributed by atoms with Gasteiger partial charge in [-0.25, -0.2) is 22.9 Å². The Kier molecular flexibility index (Phi) is 4.88. The van der Waals surface area contributed by atoms with Crippen molar-refractivity contribution in [2.45, 2.75) is 50.2 Å². The number of nitriles is 1. The minimum absolute atomic E-state index is 0.00214. The van der Waals surface area contributed by atoms with Gasteiger partial charge in [0.15, 0.2) is 0 Å². The lowest BCUT2D eigenvalue weighted by molar-refractivity contribution is 0.558. The first-order valence-electron chi connectivity index (χ1n) is 9.23. The first kappa shape index (κ1) is 20.5. The molecule has 1 aliphatic carbocycles. The standard InChI is InChI=1S/C19H19N5O4S2/c1-12-21-10-13(29-12)11-24-17(25)15-9-14(30(27,28)22-19(2)5-6-19)3-4-16(15)23(8-7-20)18(24)26/h3-4,9-10,22H,5-6,8,11H2,1-2H3. The van der Waals surface area contributed by atoms with Crippen molar-refractivity contribution >= 4 is 32.3 Å². The van der Waals surface area contributed by atoms with Crippen molar-refractivity contribution in [3.8, 4) is 6.07 Å². The number of fused-ring (bicyclic) bond motifs is 1. The number of aromatic nitrogens is 3. The smallest absolute Gasteiger partial charge is 0.279 e. The second-order valence-electron chi connectivity index (χ2n) is 7.61. The van der Waals surface area contributed by atoms with Gasteiger partial charge >= 0.3 is 5.69 Å². The van der Waals surface area contributed by atoms with E-state index in [4.69, 9.17) is 5.26 Å². The van der Waals surface area contributed by atoms with Crippen LogP contribution in [0.5, 0.6) is 0 Å².